The number of benzene rings is 3. The number of hydrogen-bond acceptors (Lipinski definition) is 9. The van der Waals surface area contributed by atoms with Gasteiger partial charge in [-0.1, -0.05) is 36.4 Å². The van der Waals surface area contributed by atoms with E-state index in [0.717, 1.165) is 65.8 Å². The van der Waals surface area contributed by atoms with Crippen LogP contribution in [-0.2, 0) is 31.2 Å². The van der Waals surface area contributed by atoms with Crippen molar-refractivity contribution in [3.05, 3.63) is 89.5 Å². The molecule has 2 fully saturated rings. The van der Waals surface area contributed by atoms with Gasteiger partial charge in [0.15, 0.2) is 0 Å². The minimum atomic E-state index is -6.23. The Morgan fingerprint density at radius 2 is 0.662 bits per heavy atom. The van der Waals surface area contributed by atoms with Crippen LogP contribution in [0.15, 0.2) is 72.8 Å². The summed E-state index contributed by atoms with van der Waals surface area (Å²) in [6.45, 7) is -2.27. The molecule has 12 nitrogen and oxygen atoms in total. The maximum Gasteiger partial charge on any atom is 0.430 e. The maximum atomic E-state index is 14.6. The van der Waals surface area contributed by atoms with E-state index < -0.39 is 120 Å². The molecule has 2 aliphatic rings. The molecule has 2 unspecified atom stereocenters. The summed E-state index contributed by atoms with van der Waals surface area (Å²) < 4.78 is 244. The second-order valence-corrected chi connectivity index (χ2v) is 17.5. The lowest BCUT2D eigenvalue weighted by Crippen LogP contribution is -2.61. The van der Waals surface area contributed by atoms with Crippen molar-refractivity contribution in [1.29, 1.82) is 0 Å². The van der Waals surface area contributed by atoms with Crippen LogP contribution in [0.3, 0.4) is 0 Å². The fraction of sp³-hybridized carbons (Fsp3) is 0.523. The van der Waals surface area contributed by atoms with Crippen LogP contribution >= 0.6 is 0 Å². The lowest BCUT2D eigenvalue weighted by atomic mass is 9.92. The Morgan fingerprint density at radius 1 is 0.432 bits per heavy atom. The highest BCUT2D eigenvalue weighted by atomic mass is 19.4. The molecule has 74 heavy (non-hydrogen) atoms. The Balaban J connectivity index is 1.45. The molecule has 0 radical (unpaired) electrons. The highest BCUT2D eigenvalue weighted by Crippen LogP contribution is 2.53. The van der Waals surface area contributed by atoms with Crippen molar-refractivity contribution in [2.24, 2.45) is 0 Å². The summed E-state index contributed by atoms with van der Waals surface area (Å²) in [7, 11) is 3.63. The number of alkyl halides is 18. The molecule has 5 rings (SSSR count). The fourth-order valence-corrected chi connectivity index (χ4v) is 8.67. The van der Waals surface area contributed by atoms with E-state index in [1.54, 1.807) is 0 Å². The summed E-state index contributed by atoms with van der Waals surface area (Å²) in [6, 6.07) is 6.50. The smallest absolute Gasteiger partial charge is 0.369 e. The first kappa shape index (κ1) is 59.0. The zero-order valence-corrected chi connectivity index (χ0v) is 38.5. The zero-order chi connectivity index (χ0) is 56.2. The summed E-state index contributed by atoms with van der Waals surface area (Å²) in [5.74, 6) is -2.51. The van der Waals surface area contributed by atoms with Crippen LogP contribution in [0, 0.1) is 0 Å². The molecule has 3 aromatic carbocycles. The first-order valence-electron chi connectivity index (χ1n) is 21.6. The van der Waals surface area contributed by atoms with Crippen molar-refractivity contribution >= 4 is 34.8 Å². The number of likely N-dealkylation sites (N-methyl/N-ethyl adjacent to an activating group) is 3. The number of carbonyl (C=O) groups excluding carboxylic acids is 3. The van der Waals surface area contributed by atoms with Crippen molar-refractivity contribution in [3.8, 4) is 0 Å². The number of amides is 3. The van der Waals surface area contributed by atoms with Gasteiger partial charge in [0.25, 0.3) is 16.8 Å². The van der Waals surface area contributed by atoms with Crippen LogP contribution in [0.1, 0.15) is 42.4 Å². The van der Waals surface area contributed by atoms with E-state index in [4.69, 9.17) is 0 Å². The lowest BCUT2D eigenvalue weighted by Gasteiger charge is -2.43. The first-order chi connectivity index (χ1) is 33.6. The highest BCUT2D eigenvalue weighted by molar-refractivity contribution is 5.86. The molecular formula is C44H44F18N6O6. The van der Waals surface area contributed by atoms with Crippen LogP contribution in [0.2, 0.25) is 0 Å². The van der Waals surface area contributed by atoms with Crippen LogP contribution in [0.4, 0.5) is 96.1 Å². The van der Waals surface area contributed by atoms with Gasteiger partial charge < -0.3 is 44.7 Å². The zero-order valence-electron chi connectivity index (χ0n) is 38.5. The van der Waals surface area contributed by atoms with Crippen molar-refractivity contribution in [2.45, 2.75) is 91.9 Å². The van der Waals surface area contributed by atoms with Crippen molar-refractivity contribution in [3.63, 3.8) is 0 Å². The largest absolute Gasteiger partial charge is 0.430 e. The standard InChI is InChI=1S/C44H44F18N6O6/c1-63(28-14-8-25(9-15-28)36(72,39(45,46)47)40(48,49)50)22-33(69)66-20-4-6-31(66)68(35(71)24-65(3)30-18-12-27(13-19-30)38(74,43(57,58)59)44(60,61)62)32-7-5-21-67(32)34(70)23-64(2)29-16-10-26(11-17-29)37(73,41(51,52)53)42(54,55)56/h8-19,31-32,72-74H,4-7,20-24H2,1-3H3. The Kier molecular flexibility index (Phi) is 16.2. The van der Waals surface area contributed by atoms with E-state index >= 15 is 0 Å². The molecule has 0 aromatic heterocycles. The lowest BCUT2D eigenvalue weighted by molar-refractivity contribution is -0.376. The maximum absolute atomic E-state index is 14.6. The number of nitrogens with zero attached hydrogens (tertiary/aromatic N) is 6. The number of carbonyl (C=O) groups is 3. The molecule has 2 aliphatic heterocycles. The minimum Gasteiger partial charge on any atom is -0.369 e. The van der Waals surface area contributed by atoms with Crippen molar-refractivity contribution in [2.75, 3.05) is 68.6 Å². The molecule has 0 bridgehead atoms. The molecule has 3 N–H and O–H groups in total. The summed E-state index contributed by atoms with van der Waals surface area (Å²) in [5.41, 5.74) is -21.1. The van der Waals surface area contributed by atoms with Gasteiger partial charge in [-0.15, -0.1) is 0 Å². The first-order valence-corrected chi connectivity index (χ1v) is 21.6. The number of aliphatic hydroxyl groups is 3. The second kappa shape index (κ2) is 20.3. The fourth-order valence-electron chi connectivity index (χ4n) is 8.67. The van der Waals surface area contributed by atoms with Gasteiger partial charge in [-0.3, -0.25) is 14.4 Å². The highest BCUT2D eigenvalue weighted by Gasteiger charge is 2.73. The van der Waals surface area contributed by atoms with Gasteiger partial charge in [-0.25, -0.2) is 0 Å². The van der Waals surface area contributed by atoms with Crippen molar-refractivity contribution in [1.82, 2.24) is 14.7 Å². The van der Waals surface area contributed by atoms with Gasteiger partial charge in [0.1, 0.15) is 12.3 Å². The minimum absolute atomic E-state index is 0.0117. The Hall–Kier alpha value is -5.91. The van der Waals surface area contributed by atoms with E-state index in [0.29, 0.717) is 36.4 Å². The quantitative estimate of drug-likeness (QED) is 0.137. The SMILES string of the molecule is CN(CC(=O)N1CCCC1N(C(=O)CN(C)c1ccc(C(O)(C(F)(F)F)C(F)(F)F)cc1)C1CCCN1C(=O)CN(C)c1ccc(C(O)(C(F)(F)F)C(F)(F)F)cc1)c1ccc(C(O)(C(F)(F)F)C(F)(F)F)cc1. The molecule has 2 saturated heterocycles. The molecule has 3 aromatic rings. The monoisotopic (exact) mass is 1090 g/mol. The summed E-state index contributed by atoms with van der Waals surface area (Å²) >= 11 is 0. The van der Waals surface area contributed by atoms with Crippen LogP contribution in [0.5, 0.6) is 0 Å². The van der Waals surface area contributed by atoms with Crippen LogP contribution in [-0.4, -0.2) is 151 Å². The number of likely N-dealkylation sites (tertiary alicyclic amines) is 2. The average molecular weight is 1090 g/mol. The Bertz CT molecular complexity index is 2300. The van der Waals surface area contributed by atoms with Crippen molar-refractivity contribution < 1.29 is 109 Å². The van der Waals surface area contributed by atoms with E-state index in [1.165, 1.54) is 21.1 Å². The van der Waals surface area contributed by atoms with Gasteiger partial charge >= 0.3 is 37.1 Å². The second-order valence-electron chi connectivity index (χ2n) is 17.5. The van der Waals surface area contributed by atoms with Crippen LogP contribution < -0.4 is 14.7 Å². The van der Waals surface area contributed by atoms with Gasteiger partial charge in [-0.05, 0) is 62.1 Å². The predicted octanol–water partition coefficient (Wildman–Crippen LogP) is 8.06. The molecule has 3 amide bonds. The van der Waals surface area contributed by atoms with Gasteiger partial charge in [-0.2, -0.15) is 79.0 Å². The summed E-state index contributed by atoms with van der Waals surface area (Å²) in [6.07, 6.45) is -39.5. The molecule has 0 aliphatic carbocycles. The molecule has 30 heteroatoms. The van der Waals surface area contributed by atoms with E-state index in [-0.39, 0.29) is 55.8 Å². The summed E-state index contributed by atoms with van der Waals surface area (Å²) in [4.78, 5) is 49.5. The molecular weight excluding hydrogens is 1050 g/mol. The van der Waals surface area contributed by atoms with Gasteiger partial charge in [0.05, 0.1) is 19.6 Å². The summed E-state index contributed by atoms with van der Waals surface area (Å²) in [5, 5.41) is 29.4. The van der Waals surface area contributed by atoms with E-state index in [2.05, 4.69) is 0 Å². The number of halogens is 18. The molecule has 412 valence electrons. The van der Waals surface area contributed by atoms with Gasteiger partial charge in [0, 0.05) is 68.0 Å². The van der Waals surface area contributed by atoms with Crippen LogP contribution in [0.25, 0.3) is 0 Å². The molecule has 0 spiro atoms. The van der Waals surface area contributed by atoms with E-state index in [9.17, 15) is 109 Å². The van der Waals surface area contributed by atoms with E-state index in [1.807, 2.05) is 0 Å². The molecule has 2 atom stereocenters. The third-order valence-electron chi connectivity index (χ3n) is 12.8. The third kappa shape index (κ3) is 10.9. The number of anilines is 3. The Morgan fingerprint density at radius 3 is 0.892 bits per heavy atom. The third-order valence-corrected chi connectivity index (χ3v) is 12.8. The Labute approximate surface area is 407 Å². The van der Waals surface area contributed by atoms with Gasteiger partial charge in [0.2, 0.25) is 17.7 Å². The molecule has 0 saturated carbocycles. The number of rotatable bonds is 14. The normalized spacial score (nSPS) is 17.7. The topological polar surface area (TPSA) is 131 Å². The molecule has 2 heterocycles. The average Bonchev–Trinajstić information content (AvgIpc) is 3.97. The predicted molar refractivity (Wildman–Crippen MR) is 223 cm³/mol. The number of hydrogen-bond donors (Lipinski definition) is 3.